The van der Waals surface area contributed by atoms with Crippen LogP contribution in [-0.4, -0.2) is 36.4 Å². The van der Waals surface area contributed by atoms with E-state index in [4.69, 9.17) is 0 Å². The van der Waals surface area contributed by atoms with Crippen LogP contribution in [0.15, 0.2) is 29.4 Å². The molecule has 0 N–H and O–H groups in total. The molecule has 1 rings (SSSR count). The number of hydrogen-bond acceptors (Lipinski definition) is 3. The smallest absolute Gasteiger partial charge is 0.269 e. The lowest BCUT2D eigenvalue weighted by Crippen LogP contribution is -2.23. The van der Waals surface area contributed by atoms with Crippen LogP contribution in [0.3, 0.4) is 0 Å². The standard InChI is InChI=1S/C11H14N2O2/c1-8(14)9-4-5-11(15)12-10(9)6-7-13(2)3/h4-7,9H,1-3H3/b7-6+. The first-order valence-corrected chi connectivity index (χ1v) is 4.66. The normalized spacial score (nSPS) is 20.6. The summed E-state index contributed by atoms with van der Waals surface area (Å²) in [4.78, 5) is 28.0. The Hall–Kier alpha value is -1.71. The zero-order chi connectivity index (χ0) is 11.4. The molecule has 0 bridgehead atoms. The minimum Gasteiger partial charge on any atom is -0.383 e. The fraction of sp³-hybridized carbons (Fsp3) is 0.364. The van der Waals surface area contributed by atoms with Gasteiger partial charge in [-0.1, -0.05) is 6.08 Å². The number of dihydropyridines is 1. The molecular formula is C11H14N2O2. The molecule has 0 aromatic carbocycles. The number of ketones is 1. The summed E-state index contributed by atoms with van der Waals surface area (Å²) in [6.45, 7) is 1.49. The summed E-state index contributed by atoms with van der Waals surface area (Å²) in [6, 6.07) is 0. The Bertz CT molecular complexity index is 365. The molecule has 0 spiro atoms. The lowest BCUT2D eigenvalue weighted by Gasteiger charge is -2.13. The Morgan fingerprint density at radius 1 is 1.53 bits per heavy atom. The zero-order valence-electron chi connectivity index (χ0n) is 9.10. The van der Waals surface area contributed by atoms with Crippen molar-refractivity contribution in [2.24, 2.45) is 10.9 Å². The van der Waals surface area contributed by atoms with E-state index in [2.05, 4.69) is 4.99 Å². The summed E-state index contributed by atoms with van der Waals surface area (Å²) >= 11 is 0. The summed E-state index contributed by atoms with van der Waals surface area (Å²) in [5, 5.41) is 0. The second kappa shape index (κ2) is 4.68. The zero-order valence-corrected chi connectivity index (χ0v) is 9.10. The van der Waals surface area contributed by atoms with Crippen molar-refractivity contribution in [1.29, 1.82) is 0 Å². The van der Waals surface area contributed by atoms with Crippen molar-refractivity contribution in [3.05, 3.63) is 24.4 Å². The molecule has 0 saturated heterocycles. The molecule has 0 fully saturated rings. The van der Waals surface area contributed by atoms with Gasteiger partial charge in [-0.3, -0.25) is 9.59 Å². The van der Waals surface area contributed by atoms with Crippen LogP contribution >= 0.6 is 0 Å². The largest absolute Gasteiger partial charge is 0.383 e. The number of aliphatic imine (C=N–C) groups is 1. The van der Waals surface area contributed by atoms with E-state index in [0.29, 0.717) is 5.71 Å². The Morgan fingerprint density at radius 3 is 2.73 bits per heavy atom. The number of carbonyl (C=O) groups is 2. The molecular weight excluding hydrogens is 192 g/mol. The molecule has 1 aliphatic rings. The SMILES string of the molecule is CC(=O)C1C=CC(=O)N=C1/C=C/N(C)C. The van der Waals surface area contributed by atoms with Gasteiger partial charge in [0.2, 0.25) is 0 Å². The van der Waals surface area contributed by atoms with Crippen LogP contribution < -0.4 is 0 Å². The van der Waals surface area contributed by atoms with Crippen molar-refractivity contribution in [2.75, 3.05) is 14.1 Å². The number of carbonyl (C=O) groups excluding carboxylic acids is 2. The Labute approximate surface area is 89.0 Å². The minimum atomic E-state index is -0.390. The van der Waals surface area contributed by atoms with Gasteiger partial charge in [0.25, 0.3) is 5.91 Å². The molecule has 1 amide bonds. The van der Waals surface area contributed by atoms with Gasteiger partial charge in [0.1, 0.15) is 5.78 Å². The average Bonchev–Trinajstić information content (AvgIpc) is 2.14. The van der Waals surface area contributed by atoms with Crippen molar-refractivity contribution in [3.8, 4) is 0 Å². The maximum Gasteiger partial charge on any atom is 0.269 e. The molecule has 80 valence electrons. The molecule has 1 aliphatic heterocycles. The maximum atomic E-state index is 11.3. The van der Waals surface area contributed by atoms with Gasteiger partial charge in [-0.2, -0.15) is 0 Å². The Kier molecular flexibility index (Phi) is 3.55. The third kappa shape index (κ3) is 3.16. The number of hydrogen-bond donors (Lipinski definition) is 0. The molecule has 0 radical (unpaired) electrons. The maximum absolute atomic E-state index is 11.3. The first-order chi connectivity index (χ1) is 7.00. The average molecular weight is 206 g/mol. The summed E-state index contributed by atoms with van der Waals surface area (Å²) < 4.78 is 0. The summed E-state index contributed by atoms with van der Waals surface area (Å²) in [5.41, 5.74) is 0.503. The van der Waals surface area contributed by atoms with Crippen molar-refractivity contribution in [1.82, 2.24) is 4.90 Å². The lowest BCUT2D eigenvalue weighted by molar-refractivity contribution is -0.117. The van der Waals surface area contributed by atoms with Gasteiger partial charge in [-0.15, -0.1) is 0 Å². The van der Waals surface area contributed by atoms with E-state index >= 15 is 0 Å². The van der Waals surface area contributed by atoms with Crippen LogP contribution in [-0.2, 0) is 9.59 Å². The van der Waals surface area contributed by atoms with Gasteiger partial charge in [0.05, 0.1) is 11.6 Å². The predicted molar refractivity (Wildman–Crippen MR) is 58.6 cm³/mol. The summed E-state index contributed by atoms with van der Waals surface area (Å²) in [7, 11) is 3.72. The third-order valence-electron chi connectivity index (χ3n) is 1.97. The molecule has 15 heavy (non-hydrogen) atoms. The fourth-order valence-corrected chi connectivity index (χ4v) is 1.22. The number of Topliss-reactive ketones (excluding diaryl/α,β-unsaturated/α-hetero) is 1. The molecule has 0 saturated carbocycles. The van der Waals surface area contributed by atoms with Crippen LogP contribution in [0.25, 0.3) is 0 Å². The van der Waals surface area contributed by atoms with Crippen molar-refractivity contribution in [2.45, 2.75) is 6.92 Å². The molecule has 1 atom stereocenters. The van der Waals surface area contributed by atoms with Crippen LogP contribution in [0.2, 0.25) is 0 Å². The number of rotatable bonds is 3. The van der Waals surface area contributed by atoms with Gasteiger partial charge < -0.3 is 4.90 Å². The van der Waals surface area contributed by atoms with Crippen molar-refractivity contribution in [3.63, 3.8) is 0 Å². The van der Waals surface area contributed by atoms with E-state index in [9.17, 15) is 9.59 Å². The molecule has 0 aromatic rings. The highest BCUT2D eigenvalue weighted by atomic mass is 16.1. The van der Waals surface area contributed by atoms with Crippen LogP contribution in [0.4, 0.5) is 0 Å². The number of nitrogens with zero attached hydrogens (tertiary/aromatic N) is 2. The van der Waals surface area contributed by atoms with E-state index in [1.807, 2.05) is 19.0 Å². The van der Waals surface area contributed by atoms with Gasteiger partial charge in [-0.05, 0) is 13.0 Å². The quantitative estimate of drug-likeness (QED) is 0.686. The minimum absolute atomic E-state index is 0.0130. The second-order valence-electron chi connectivity index (χ2n) is 3.60. The first kappa shape index (κ1) is 11.4. The molecule has 0 aliphatic carbocycles. The molecule has 1 unspecified atom stereocenters. The van der Waals surface area contributed by atoms with Crippen molar-refractivity contribution >= 4 is 17.4 Å². The first-order valence-electron chi connectivity index (χ1n) is 4.66. The van der Waals surface area contributed by atoms with Crippen molar-refractivity contribution < 1.29 is 9.59 Å². The van der Waals surface area contributed by atoms with E-state index in [-0.39, 0.29) is 17.6 Å². The van der Waals surface area contributed by atoms with Crippen LogP contribution in [0.1, 0.15) is 6.92 Å². The number of amides is 1. The van der Waals surface area contributed by atoms with Gasteiger partial charge in [0.15, 0.2) is 0 Å². The summed E-state index contributed by atoms with van der Waals surface area (Å²) in [5.74, 6) is -0.717. The molecule has 4 nitrogen and oxygen atoms in total. The van der Waals surface area contributed by atoms with Gasteiger partial charge >= 0.3 is 0 Å². The highest BCUT2D eigenvalue weighted by Crippen LogP contribution is 2.11. The van der Waals surface area contributed by atoms with E-state index in [0.717, 1.165) is 0 Å². The topological polar surface area (TPSA) is 49.7 Å². The van der Waals surface area contributed by atoms with Crippen LogP contribution in [0.5, 0.6) is 0 Å². The Morgan fingerprint density at radius 2 is 2.20 bits per heavy atom. The molecule has 4 heteroatoms. The second-order valence-corrected chi connectivity index (χ2v) is 3.60. The molecule has 0 aromatic heterocycles. The Balaban J connectivity index is 2.91. The summed E-state index contributed by atoms with van der Waals surface area (Å²) in [6.07, 6.45) is 6.38. The fourth-order valence-electron chi connectivity index (χ4n) is 1.22. The highest BCUT2D eigenvalue weighted by Gasteiger charge is 2.20. The van der Waals surface area contributed by atoms with E-state index in [1.54, 1.807) is 18.4 Å². The monoisotopic (exact) mass is 206 g/mol. The lowest BCUT2D eigenvalue weighted by atomic mass is 9.96. The van der Waals surface area contributed by atoms with Gasteiger partial charge in [0, 0.05) is 26.4 Å². The van der Waals surface area contributed by atoms with Crippen LogP contribution in [0, 0.1) is 5.92 Å². The molecule has 1 heterocycles. The van der Waals surface area contributed by atoms with E-state index in [1.165, 1.54) is 13.0 Å². The predicted octanol–water partition coefficient (Wildman–Crippen LogP) is 0.804. The highest BCUT2D eigenvalue weighted by molar-refractivity contribution is 6.17. The van der Waals surface area contributed by atoms with Gasteiger partial charge in [-0.25, -0.2) is 4.99 Å². The van der Waals surface area contributed by atoms with E-state index < -0.39 is 0 Å². The number of allylic oxidation sites excluding steroid dienone is 2. The third-order valence-corrected chi connectivity index (χ3v) is 1.97.